The molecule has 3 aromatic carbocycles. The van der Waals surface area contributed by atoms with Crippen LogP contribution in [-0.4, -0.2) is 30.9 Å². The molecule has 8 heteroatoms. The van der Waals surface area contributed by atoms with Gasteiger partial charge in [-0.2, -0.15) is 0 Å². The fraction of sp³-hybridized carbons (Fsp3) is 0.276. The van der Waals surface area contributed by atoms with Crippen molar-refractivity contribution in [1.82, 2.24) is 0 Å². The molecule has 0 saturated carbocycles. The molecule has 0 bridgehead atoms. The summed E-state index contributed by atoms with van der Waals surface area (Å²) in [6, 6.07) is 21.9. The first kappa shape index (κ1) is 26.2. The summed E-state index contributed by atoms with van der Waals surface area (Å²) in [5, 5.41) is 2.98. The molecule has 0 unspecified atom stereocenters. The third kappa shape index (κ3) is 6.68. The first-order valence-corrected chi connectivity index (χ1v) is 12.4. The molecule has 1 atom stereocenters. The van der Waals surface area contributed by atoms with Crippen LogP contribution in [0.15, 0.2) is 72.8 Å². The van der Waals surface area contributed by atoms with E-state index in [0.717, 1.165) is 5.75 Å². The molecule has 1 saturated heterocycles. The number of esters is 1. The Kier molecular flexibility index (Phi) is 7.83. The number of nitrogens with zero attached hydrogens (tertiary/aromatic N) is 1. The molecule has 1 aliphatic rings. The van der Waals surface area contributed by atoms with Gasteiger partial charge in [0.15, 0.2) is 6.61 Å². The lowest BCUT2D eigenvalue weighted by Crippen LogP contribution is -2.28. The molecule has 1 fully saturated rings. The maximum atomic E-state index is 12.6. The van der Waals surface area contributed by atoms with Crippen LogP contribution in [-0.2, 0) is 24.5 Å². The molecule has 1 heterocycles. The quantitative estimate of drug-likeness (QED) is 0.388. The van der Waals surface area contributed by atoms with Crippen LogP contribution in [0.25, 0.3) is 0 Å². The van der Waals surface area contributed by atoms with E-state index >= 15 is 0 Å². The Morgan fingerprint density at radius 2 is 1.59 bits per heavy atom. The Hall–Kier alpha value is -3.84. The van der Waals surface area contributed by atoms with Gasteiger partial charge in [-0.25, -0.2) is 0 Å². The summed E-state index contributed by atoms with van der Waals surface area (Å²) in [5.74, 6) is -0.583. The van der Waals surface area contributed by atoms with Gasteiger partial charge in [-0.15, -0.1) is 0 Å². The van der Waals surface area contributed by atoms with E-state index in [2.05, 4.69) is 26.1 Å². The summed E-state index contributed by atoms with van der Waals surface area (Å²) in [6.07, 6.45) is 0.0172. The minimum Gasteiger partial charge on any atom is -0.457 e. The van der Waals surface area contributed by atoms with E-state index in [1.165, 1.54) is 10.5 Å². The Labute approximate surface area is 221 Å². The minimum absolute atomic E-state index is 0.0172. The number of ether oxygens (including phenoxy) is 2. The van der Waals surface area contributed by atoms with Crippen LogP contribution in [0.2, 0.25) is 5.02 Å². The number of amides is 2. The number of para-hydroxylation sites is 1. The summed E-state index contributed by atoms with van der Waals surface area (Å²) in [7, 11) is 0. The lowest BCUT2D eigenvalue weighted by Gasteiger charge is -2.19. The normalized spacial score (nSPS) is 15.4. The second-order valence-corrected chi connectivity index (χ2v) is 10.3. The fourth-order valence-corrected chi connectivity index (χ4v) is 4.15. The van der Waals surface area contributed by atoms with Crippen LogP contribution in [0.3, 0.4) is 0 Å². The van der Waals surface area contributed by atoms with Crippen molar-refractivity contribution in [3.8, 4) is 11.5 Å². The summed E-state index contributed by atoms with van der Waals surface area (Å²) >= 11 is 6.02. The number of rotatable bonds is 7. The van der Waals surface area contributed by atoms with Gasteiger partial charge in [-0.3, -0.25) is 14.4 Å². The third-order valence-corrected chi connectivity index (χ3v) is 6.39. The molecule has 1 aliphatic heterocycles. The molecule has 0 radical (unpaired) electrons. The second kappa shape index (κ2) is 11.0. The van der Waals surface area contributed by atoms with Gasteiger partial charge in [0.2, 0.25) is 5.91 Å². The van der Waals surface area contributed by atoms with Gasteiger partial charge in [-0.05, 0) is 59.5 Å². The van der Waals surface area contributed by atoms with Crippen LogP contribution in [0.1, 0.15) is 32.8 Å². The predicted octanol–water partition coefficient (Wildman–Crippen LogP) is 5.96. The van der Waals surface area contributed by atoms with Crippen molar-refractivity contribution in [2.24, 2.45) is 5.92 Å². The summed E-state index contributed by atoms with van der Waals surface area (Å²) in [5.41, 5.74) is 2.38. The van der Waals surface area contributed by atoms with Crippen molar-refractivity contribution < 1.29 is 23.9 Å². The molecule has 4 rings (SSSR count). The smallest absolute Gasteiger partial charge is 0.311 e. The van der Waals surface area contributed by atoms with Crippen molar-refractivity contribution >= 4 is 40.8 Å². The van der Waals surface area contributed by atoms with E-state index < -0.39 is 24.4 Å². The SMILES string of the molecule is CC(C)(C)c1ccc(Oc2ccc(N3C[C@@H](C(=O)OCC(=O)Nc4ccccc4Cl)CC3=O)cc2)cc1. The molecule has 3 aromatic rings. The lowest BCUT2D eigenvalue weighted by molar-refractivity contribution is -0.151. The van der Waals surface area contributed by atoms with E-state index in [4.69, 9.17) is 21.1 Å². The Morgan fingerprint density at radius 3 is 2.22 bits per heavy atom. The largest absolute Gasteiger partial charge is 0.457 e. The molecule has 0 spiro atoms. The Morgan fingerprint density at radius 1 is 0.973 bits per heavy atom. The number of benzene rings is 3. The number of hydrogen-bond donors (Lipinski definition) is 1. The minimum atomic E-state index is -0.655. The molecule has 0 aliphatic carbocycles. The highest BCUT2D eigenvalue weighted by atomic mass is 35.5. The van der Waals surface area contributed by atoms with Crippen LogP contribution in [0.5, 0.6) is 11.5 Å². The molecule has 37 heavy (non-hydrogen) atoms. The second-order valence-electron chi connectivity index (χ2n) is 9.91. The monoisotopic (exact) mass is 520 g/mol. The van der Waals surface area contributed by atoms with E-state index in [1.54, 1.807) is 48.5 Å². The zero-order valence-electron chi connectivity index (χ0n) is 21.0. The van der Waals surface area contributed by atoms with Gasteiger partial charge in [-0.1, -0.05) is 56.6 Å². The lowest BCUT2D eigenvalue weighted by atomic mass is 9.87. The van der Waals surface area contributed by atoms with Crippen LogP contribution < -0.4 is 15.0 Å². The molecule has 2 amide bonds. The van der Waals surface area contributed by atoms with Crippen LogP contribution in [0.4, 0.5) is 11.4 Å². The van der Waals surface area contributed by atoms with Crippen molar-refractivity contribution in [2.45, 2.75) is 32.6 Å². The standard InChI is InChI=1S/C29H29ClN2O5/c1-29(2,3)20-8-12-22(13-9-20)37-23-14-10-21(11-15-23)32-17-19(16-27(32)34)28(35)36-18-26(33)31-25-7-5-4-6-24(25)30/h4-15,19H,16-18H2,1-3H3,(H,31,33)/t19-/m0/s1. The van der Waals surface area contributed by atoms with Crippen molar-refractivity contribution in [3.63, 3.8) is 0 Å². The molecule has 192 valence electrons. The molecule has 0 aromatic heterocycles. The third-order valence-electron chi connectivity index (χ3n) is 6.06. The number of nitrogens with one attached hydrogen (secondary N) is 1. The number of carbonyl (C=O) groups is 3. The number of halogens is 1. The molecular formula is C29H29ClN2O5. The zero-order valence-corrected chi connectivity index (χ0v) is 21.7. The average Bonchev–Trinajstić information content (AvgIpc) is 3.26. The van der Waals surface area contributed by atoms with E-state index in [9.17, 15) is 14.4 Å². The van der Waals surface area contributed by atoms with Gasteiger partial charge >= 0.3 is 5.97 Å². The maximum absolute atomic E-state index is 12.6. The number of carbonyl (C=O) groups excluding carboxylic acids is 3. The maximum Gasteiger partial charge on any atom is 0.311 e. The molecule has 7 nitrogen and oxygen atoms in total. The van der Waals surface area contributed by atoms with E-state index in [0.29, 0.717) is 22.1 Å². The highest BCUT2D eigenvalue weighted by Gasteiger charge is 2.36. The van der Waals surface area contributed by atoms with Gasteiger partial charge < -0.3 is 19.7 Å². The van der Waals surface area contributed by atoms with Gasteiger partial charge in [0.05, 0.1) is 16.6 Å². The zero-order chi connectivity index (χ0) is 26.6. The van der Waals surface area contributed by atoms with Gasteiger partial charge in [0.25, 0.3) is 5.91 Å². The summed E-state index contributed by atoms with van der Waals surface area (Å²) in [4.78, 5) is 38.8. The Balaban J connectivity index is 1.29. The van der Waals surface area contributed by atoms with E-state index in [-0.39, 0.29) is 24.3 Å². The predicted molar refractivity (Wildman–Crippen MR) is 143 cm³/mol. The summed E-state index contributed by atoms with van der Waals surface area (Å²) < 4.78 is 11.1. The summed E-state index contributed by atoms with van der Waals surface area (Å²) in [6.45, 7) is 6.19. The Bertz CT molecular complexity index is 1280. The highest BCUT2D eigenvalue weighted by molar-refractivity contribution is 6.33. The van der Waals surface area contributed by atoms with Gasteiger partial charge in [0, 0.05) is 18.7 Å². The number of hydrogen-bond acceptors (Lipinski definition) is 5. The molecular weight excluding hydrogens is 492 g/mol. The highest BCUT2D eigenvalue weighted by Crippen LogP contribution is 2.30. The van der Waals surface area contributed by atoms with Crippen molar-refractivity contribution in [2.75, 3.05) is 23.4 Å². The van der Waals surface area contributed by atoms with Crippen LogP contribution in [0, 0.1) is 5.92 Å². The van der Waals surface area contributed by atoms with Gasteiger partial charge in [0.1, 0.15) is 11.5 Å². The first-order valence-electron chi connectivity index (χ1n) is 12.0. The van der Waals surface area contributed by atoms with Crippen molar-refractivity contribution in [1.29, 1.82) is 0 Å². The number of anilines is 2. The van der Waals surface area contributed by atoms with E-state index in [1.807, 2.05) is 24.3 Å². The average molecular weight is 521 g/mol. The van der Waals surface area contributed by atoms with Crippen molar-refractivity contribution in [3.05, 3.63) is 83.4 Å². The first-order chi connectivity index (χ1) is 17.6. The van der Waals surface area contributed by atoms with Crippen LogP contribution >= 0.6 is 11.6 Å². The topological polar surface area (TPSA) is 84.9 Å². The fourth-order valence-electron chi connectivity index (χ4n) is 3.97. The molecule has 1 N–H and O–H groups in total.